The number of rotatable bonds is 2. The van der Waals surface area contributed by atoms with Crippen molar-refractivity contribution < 1.29 is 0 Å². The Morgan fingerprint density at radius 1 is 1.26 bits per heavy atom. The van der Waals surface area contributed by atoms with Gasteiger partial charge in [-0.1, -0.05) is 0 Å². The monoisotopic (exact) mass is 257 g/mol. The minimum Gasteiger partial charge on any atom is -0.399 e. The van der Waals surface area contributed by atoms with E-state index >= 15 is 0 Å². The average molecular weight is 257 g/mol. The van der Waals surface area contributed by atoms with Crippen molar-refractivity contribution >= 4 is 16.6 Å². The van der Waals surface area contributed by atoms with E-state index in [1.165, 1.54) is 29.3 Å². The molecule has 0 saturated carbocycles. The van der Waals surface area contributed by atoms with Crippen LogP contribution in [0.1, 0.15) is 44.2 Å². The summed E-state index contributed by atoms with van der Waals surface area (Å²) in [6.45, 7) is 6.73. The fourth-order valence-corrected chi connectivity index (χ4v) is 3.18. The van der Waals surface area contributed by atoms with E-state index in [0.717, 1.165) is 18.8 Å². The number of aromatic nitrogens is 1. The zero-order chi connectivity index (χ0) is 13.4. The van der Waals surface area contributed by atoms with Crippen LogP contribution in [-0.4, -0.2) is 17.7 Å². The summed E-state index contributed by atoms with van der Waals surface area (Å²) < 4.78 is 2.38. The number of piperidine rings is 1. The van der Waals surface area contributed by atoms with Crippen molar-refractivity contribution in [3.05, 3.63) is 30.0 Å². The number of hydrogen-bond acceptors (Lipinski definition) is 2. The number of nitrogens with one attached hydrogen (secondary N) is 1. The first-order chi connectivity index (χ1) is 9.16. The molecule has 0 aliphatic carbocycles. The summed E-state index contributed by atoms with van der Waals surface area (Å²) in [7, 11) is 0. The predicted octanol–water partition coefficient (Wildman–Crippen LogP) is 3.27. The summed E-state index contributed by atoms with van der Waals surface area (Å²) in [6, 6.07) is 6.80. The molecule has 102 valence electrons. The molecule has 0 atom stereocenters. The molecule has 2 aromatic rings. The highest BCUT2D eigenvalue weighted by Gasteiger charge is 2.20. The molecule has 1 aromatic heterocycles. The maximum absolute atomic E-state index is 5.99. The Morgan fingerprint density at radius 3 is 2.68 bits per heavy atom. The molecule has 2 heterocycles. The highest BCUT2D eigenvalue weighted by molar-refractivity contribution is 5.87. The summed E-state index contributed by atoms with van der Waals surface area (Å²) in [5.74, 6) is 0.672. The number of anilines is 1. The normalized spacial score (nSPS) is 17.4. The van der Waals surface area contributed by atoms with Gasteiger partial charge in [0.05, 0.1) is 0 Å². The van der Waals surface area contributed by atoms with Crippen LogP contribution in [0.4, 0.5) is 5.69 Å². The van der Waals surface area contributed by atoms with Gasteiger partial charge >= 0.3 is 0 Å². The largest absolute Gasteiger partial charge is 0.399 e. The second-order valence-corrected chi connectivity index (χ2v) is 5.89. The van der Waals surface area contributed by atoms with E-state index in [1.54, 1.807) is 0 Å². The number of fused-ring (bicyclic) bond motifs is 1. The van der Waals surface area contributed by atoms with Crippen LogP contribution in [0.2, 0.25) is 0 Å². The van der Waals surface area contributed by atoms with E-state index in [2.05, 4.69) is 42.1 Å². The van der Waals surface area contributed by atoms with Crippen LogP contribution in [0.3, 0.4) is 0 Å². The minimum absolute atomic E-state index is 0.488. The quantitative estimate of drug-likeness (QED) is 0.811. The highest BCUT2D eigenvalue weighted by atomic mass is 15.0. The molecule has 1 saturated heterocycles. The second kappa shape index (κ2) is 4.89. The lowest BCUT2D eigenvalue weighted by molar-refractivity contribution is 0.460. The fraction of sp³-hybridized carbons (Fsp3) is 0.500. The van der Waals surface area contributed by atoms with Crippen LogP contribution in [0.25, 0.3) is 10.9 Å². The molecular formula is C16H23N3. The smallest absolute Gasteiger partial charge is 0.0487 e. The number of nitrogens with two attached hydrogens (primary N) is 1. The zero-order valence-corrected chi connectivity index (χ0v) is 11.8. The van der Waals surface area contributed by atoms with Crippen LogP contribution < -0.4 is 11.1 Å². The van der Waals surface area contributed by atoms with Crippen LogP contribution in [0.5, 0.6) is 0 Å². The Balaban J connectivity index is 2.14. The van der Waals surface area contributed by atoms with Gasteiger partial charge in [0, 0.05) is 28.8 Å². The van der Waals surface area contributed by atoms with E-state index in [-0.39, 0.29) is 0 Å². The zero-order valence-electron chi connectivity index (χ0n) is 11.8. The lowest BCUT2D eigenvalue weighted by Gasteiger charge is -2.22. The molecule has 0 spiro atoms. The average Bonchev–Trinajstić information content (AvgIpc) is 2.78. The Kier molecular flexibility index (Phi) is 3.23. The molecule has 3 N–H and O–H groups in total. The van der Waals surface area contributed by atoms with Gasteiger partial charge in [-0.25, -0.2) is 0 Å². The molecule has 3 rings (SSSR count). The molecule has 1 aliphatic heterocycles. The molecule has 0 amide bonds. The first-order valence-electron chi connectivity index (χ1n) is 7.27. The number of nitrogen functional groups attached to an aromatic ring is 1. The van der Waals surface area contributed by atoms with Crippen molar-refractivity contribution in [3.63, 3.8) is 0 Å². The molecule has 3 nitrogen and oxygen atoms in total. The summed E-state index contributed by atoms with van der Waals surface area (Å²) in [6.07, 6.45) is 4.81. The molecule has 1 fully saturated rings. The van der Waals surface area contributed by atoms with Crippen molar-refractivity contribution in [2.45, 2.75) is 38.6 Å². The molecule has 3 heteroatoms. The van der Waals surface area contributed by atoms with E-state index in [0.29, 0.717) is 12.0 Å². The number of benzene rings is 1. The number of nitrogens with zero attached hydrogens (tertiary/aromatic N) is 1. The van der Waals surface area contributed by atoms with Crippen molar-refractivity contribution in [2.75, 3.05) is 18.8 Å². The summed E-state index contributed by atoms with van der Waals surface area (Å²) in [5, 5.41) is 4.79. The third-order valence-electron chi connectivity index (χ3n) is 4.22. The molecule has 1 aromatic carbocycles. The lowest BCUT2D eigenvalue weighted by atomic mass is 9.90. The maximum atomic E-state index is 5.99. The van der Waals surface area contributed by atoms with E-state index in [4.69, 9.17) is 5.73 Å². The van der Waals surface area contributed by atoms with Crippen LogP contribution in [0.15, 0.2) is 24.4 Å². The van der Waals surface area contributed by atoms with Crippen molar-refractivity contribution in [3.8, 4) is 0 Å². The van der Waals surface area contributed by atoms with Crippen molar-refractivity contribution in [1.82, 2.24) is 9.88 Å². The first kappa shape index (κ1) is 12.5. The summed E-state index contributed by atoms with van der Waals surface area (Å²) in [4.78, 5) is 0. The Bertz CT molecular complexity index is 577. The Hall–Kier alpha value is -1.48. The van der Waals surface area contributed by atoms with Crippen molar-refractivity contribution in [2.24, 2.45) is 0 Å². The third kappa shape index (κ3) is 2.23. The van der Waals surface area contributed by atoms with E-state index in [9.17, 15) is 0 Å². The van der Waals surface area contributed by atoms with Gasteiger partial charge in [-0.15, -0.1) is 0 Å². The molecule has 0 radical (unpaired) electrons. The molecule has 19 heavy (non-hydrogen) atoms. The predicted molar refractivity (Wildman–Crippen MR) is 81.6 cm³/mol. The molecule has 1 aliphatic rings. The third-order valence-corrected chi connectivity index (χ3v) is 4.22. The molecule has 0 bridgehead atoms. The topological polar surface area (TPSA) is 43.0 Å². The maximum Gasteiger partial charge on any atom is 0.0487 e. The lowest BCUT2D eigenvalue weighted by Crippen LogP contribution is -2.26. The van der Waals surface area contributed by atoms with Gasteiger partial charge in [-0.2, -0.15) is 0 Å². The van der Waals surface area contributed by atoms with Gasteiger partial charge in [0.15, 0.2) is 0 Å². The highest BCUT2D eigenvalue weighted by Crippen LogP contribution is 2.35. The minimum atomic E-state index is 0.488. The van der Waals surface area contributed by atoms with E-state index < -0.39 is 0 Å². The number of hydrogen-bond donors (Lipinski definition) is 2. The molecular weight excluding hydrogens is 234 g/mol. The SMILES string of the molecule is CC(C)n1cc(C2CCNCC2)c2cc(N)ccc21. The summed E-state index contributed by atoms with van der Waals surface area (Å²) >= 11 is 0. The van der Waals surface area contributed by atoms with Crippen molar-refractivity contribution in [1.29, 1.82) is 0 Å². The summed E-state index contributed by atoms with van der Waals surface area (Å²) in [5.41, 5.74) is 9.65. The van der Waals surface area contributed by atoms with Gasteiger partial charge in [0.1, 0.15) is 0 Å². The fourth-order valence-electron chi connectivity index (χ4n) is 3.18. The van der Waals surface area contributed by atoms with Gasteiger partial charge < -0.3 is 15.6 Å². The van der Waals surface area contributed by atoms with Crippen LogP contribution in [-0.2, 0) is 0 Å². The van der Waals surface area contributed by atoms with Gasteiger partial charge in [-0.05, 0) is 69.5 Å². The van der Waals surface area contributed by atoms with Gasteiger partial charge in [-0.3, -0.25) is 0 Å². The van der Waals surface area contributed by atoms with Gasteiger partial charge in [0.2, 0.25) is 0 Å². The van der Waals surface area contributed by atoms with Gasteiger partial charge in [0.25, 0.3) is 0 Å². The standard InChI is InChI=1S/C16H23N3/c1-11(2)19-10-15(12-5-7-18-8-6-12)14-9-13(17)3-4-16(14)19/h3-4,9-12,18H,5-8,17H2,1-2H3. The van der Waals surface area contributed by atoms with Crippen LogP contribution in [0, 0.1) is 0 Å². The van der Waals surface area contributed by atoms with Crippen LogP contribution >= 0.6 is 0 Å². The van der Waals surface area contributed by atoms with E-state index in [1.807, 2.05) is 6.07 Å². The second-order valence-electron chi connectivity index (χ2n) is 5.89. The Morgan fingerprint density at radius 2 is 2.00 bits per heavy atom. The molecule has 0 unspecified atom stereocenters. The first-order valence-corrected chi connectivity index (χ1v) is 7.27. The Labute approximate surface area is 114 Å².